The highest BCUT2D eigenvalue weighted by molar-refractivity contribution is 7.88. The first-order valence-electron chi connectivity index (χ1n) is 5.44. The summed E-state index contributed by atoms with van der Waals surface area (Å²) in [6.45, 7) is 1.14. The summed E-state index contributed by atoms with van der Waals surface area (Å²) < 4.78 is 37.3. The van der Waals surface area contributed by atoms with Crippen LogP contribution >= 0.6 is 0 Å². The summed E-state index contributed by atoms with van der Waals surface area (Å²) in [5.74, 6) is -0.130. The highest BCUT2D eigenvalue weighted by Crippen LogP contribution is 2.22. The molecule has 2 rings (SSSR count). The first-order valence-corrected chi connectivity index (χ1v) is 7.33. The quantitative estimate of drug-likeness (QED) is 0.838. The molecule has 0 aliphatic carbocycles. The smallest absolute Gasteiger partial charge is 0.208 e. The highest BCUT2D eigenvalue weighted by Gasteiger charge is 2.24. The lowest BCUT2D eigenvalue weighted by molar-refractivity contribution is 0.430. The Morgan fingerprint density at radius 2 is 2.22 bits per heavy atom. The Balaban J connectivity index is 2.01. The molecule has 0 unspecified atom stereocenters. The second-order valence-corrected chi connectivity index (χ2v) is 6.07. The molecule has 0 radical (unpaired) electrons. The fraction of sp³-hybridized carbons (Fsp3) is 0.364. The fourth-order valence-electron chi connectivity index (χ4n) is 1.92. The molecular weight excluding hydrogens is 257 g/mol. The number of rotatable bonds is 4. The molecule has 1 aromatic rings. The molecule has 5 nitrogen and oxygen atoms in total. The van der Waals surface area contributed by atoms with E-state index in [0.29, 0.717) is 18.7 Å². The maximum absolute atomic E-state index is 13.1. The van der Waals surface area contributed by atoms with Crippen LogP contribution in [0.25, 0.3) is 0 Å². The van der Waals surface area contributed by atoms with Crippen molar-refractivity contribution in [3.8, 4) is 0 Å². The van der Waals surface area contributed by atoms with Gasteiger partial charge in [0.25, 0.3) is 0 Å². The van der Waals surface area contributed by atoms with Crippen molar-refractivity contribution >= 4 is 15.9 Å². The van der Waals surface area contributed by atoms with Crippen molar-refractivity contribution in [3.63, 3.8) is 0 Å². The van der Waals surface area contributed by atoms with Gasteiger partial charge in [-0.15, -0.1) is 0 Å². The van der Waals surface area contributed by atoms with Crippen molar-refractivity contribution < 1.29 is 12.8 Å². The van der Waals surface area contributed by atoms with E-state index in [2.05, 4.69) is 4.72 Å². The zero-order chi connectivity index (χ0) is 13.3. The number of halogens is 1. The number of sulfonamides is 1. The summed E-state index contributed by atoms with van der Waals surface area (Å²) in [7, 11) is -3.21. The van der Waals surface area contributed by atoms with E-state index in [1.165, 1.54) is 12.1 Å². The Morgan fingerprint density at radius 1 is 1.50 bits per heavy atom. The van der Waals surface area contributed by atoms with Gasteiger partial charge in [-0.25, -0.2) is 17.5 Å². The minimum absolute atomic E-state index is 0.234. The number of nitrogens with one attached hydrogen (secondary N) is 2. The zero-order valence-electron chi connectivity index (χ0n) is 9.90. The average molecular weight is 271 g/mol. The van der Waals surface area contributed by atoms with Crippen LogP contribution in [0.15, 0.2) is 18.2 Å². The predicted molar refractivity (Wildman–Crippen MR) is 66.5 cm³/mol. The van der Waals surface area contributed by atoms with Gasteiger partial charge >= 0.3 is 0 Å². The molecule has 0 atom stereocenters. The molecule has 0 amide bonds. The maximum atomic E-state index is 13.1. The molecule has 2 N–H and O–H groups in total. The molecule has 1 aliphatic heterocycles. The number of nitrogens with zero attached hydrogens (tertiary/aromatic N) is 1. The Bertz CT molecular complexity index is 586. The minimum atomic E-state index is -3.21. The summed E-state index contributed by atoms with van der Waals surface area (Å²) in [6, 6.07) is 4.36. The second-order valence-electron chi connectivity index (χ2n) is 4.24. The van der Waals surface area contributed by atoms with Crippen LogP contribution in [0, 0.1) is 11.2 Å². The van der Waals surface area contributed by atoms with Crippen LogP contribution in [0.4, 0.5) is 4.39 Å². The molecule has 0 saturated heterocycles. The SMILES string of the molecule is CS(=O)(=O)NCCN1Cc2ccc(F)cc2C1=N. The topological polar surface area (TPSA) is 73.3 Å². The summed E-state index contributed by atoms with van der Waals surface area (Å²) in [5.41, 5.74) is 1.47. The molecule has 7 heteroatoms. The molecule has 0 fully saturated rings. The van der Waals surface area contributed by atoms with Crippen LogP contribution in [0.5, 0.6) is 0 Å². The second kappa shape index (κ2) is 4.66. The first-order chi connectivity index (χ1) is 8.37. The lowest BCUT2D eigenvalue weighted by Crippen LogP contribution is -2.34. The van der Waals surface area contributed by atoms with Crippen molar-refractivity contribution in [1.82, 2.24) is 9.62 Å². The molecule has 1 aromatic carbocycles. The largest absolute Gasteiger partial charge is 0.351 e. The number of benzene rings is 1. The average Bonchev–Trinajstić information content (AvgIpc) is 2.55. The third-order valence-electron chi connectivity index (χ3n) is 2.75. The van der Waals surface area contributed by atoms with Crippen LogP contribution in [-0.4, -0.2) is 38.5 Å². The van der Waals surface area contributed by atoms with Crippen LogP contribution < -0.4 is 4.72 Å². The first kappa shape index (κ1) is 13.0. The van der Waals surface area contributed by atoms with E-state index in [4.69, 9.17) is 5.41 Å². The third-order valence-corrected chi connectivity index (χ3v) is 3.48. The van der Waals surface area contributed by atoms with Crippen molar-refractivity contribution in [3.05, 3.63) is 35.1 Å². The Hall–Kier alpha value is -1.47. The Kier molecular flexibility index (Phi) is 3.36. The molecule has 0 bridgehead atoms. The van der Waals surface area contributed by atoms with Gasteiger partial charge in [-0.2, -0.15) is 0 Å². The Labute approximate surface area is 105 Å². The van der Waals surface area contributed by atoms with Gasteiger partial charge in [0.1, 0.15) is 11.7 Å². The predicted octanol–water partition coefficient (Wildman–Crippen LogP) is 0.516. The fourth-order valence-corrected chi connectivity index (χ4v) is 2.38. The minimum Gasteiger partial charge on any atom is -0.351 e. The van der Waals surface area contributed by atoms with Crippen molar-refractivity contribution in [2.45, 2.75) is 6.54 Å². The molecule has 0 aromatic heterocycles. The van der Waals surface area contributed by atoms with Crippen molar-refractivity contribution in [2.75, 3.05) is 19.3 Å². The van der Waals surface area contributed by atoms with Gasteiger partial charge in [-0.3, -0.25) is 5.41 Å². The molecule has 0 saturated carbocycles. The van der Waals surface area contributed by atoms with Gasteiger partial charge in [0, 0.05) is 25.2 Å². The van der Waals surface area contributed by atoms with Gasteiger partial charge in [-0.05, 0) is 17.7 Å². The van der Waals surface area contributed by atoms with E-state index in [0.717, 1.165) is 11.8 Å². The highest BCUT2D eigenvalue weighted by atomic mass is 32.2. The van der Waals surface area contributed by atoms with Crippen molar-refractivity contribution in [1.29, 1.82) is 5.41 Å². The molecule has 0 spiro atoms. The Morgan fingerprint density at radius 3 is 2.89 bits per heavy atom. The number of hydrogen-bond donors (Lipinski definition) is 2. The van der Waals surface area contributed by atoms with E-state index >= 15 is 0 Å². The summed E-state index contributed by atoms with van der Waals surface area (Å²) in [5, 5.41) is 7.90. The van der Waals surface area contributed by atoms with Gasteiger partial charge in [0.2, 0.25) is 10.0 Å². The van der Waals surface area contributed by atoms with E-state index < -0.39 is 10.0 Å². The van der Waals surface area contributed by atoms with Crippen LogP contribution in [0.2, 0.25) is 0 Å². The molecule has 1 aliphatic rings. The standard InChI is InChI=1S/C11H14FN3O2S/c1-18(16,17)14-4-5-15-7-8-2-3-9(12)6-10(8)11(15)13/h2-3,6,13-14H,4-5,7H2,1H3. The van der Waals surface area contributed by atoms with Gasteiger partial charge < -0.3 is 4.90 Å². The lowest BCUT2D eigenvalue weighted by atomic mass is 10.1. The molecule has 18 heavy (non-hydrogen) atoms. The molecular formula is C11H14FN3O2S. The lowest BCUT2D eigenvalue weighted by Gasteiger charge is -2.17. The number of fused-ring (bicyclic) bond motifs is 1. The van der Waals surface area contributed by atoms with Gasteiger partial charge in [0.05, 0.1) is 6.26 Å². The normalized spacial score (nSPS) is 15.0. The molecule has 98 valence electrons. The summed E-state index contributed by atoms with van der Waals surface area (Å²) >= 11 is 0. The zero-order valence-corrected chi connectivity index (χ0v) is 10.7. The third kappa shape index (κ3) is 2.85. The summed E-state index contributed by atoms with van der Waals surface area (Å²) in [6.07, 6.45) is 1.09. The van der Waals surface area contributed by atoms with Crippen LogP contribution in [0.3, 0.4) is 0 Å². The monoisotopic (exact) mass is 271 g/mol. The number of hydrogen-bond acceptors (Lipinski definition) is 3. The van der Waals surface area contributed by atoms with Gasteiger partial charge in [0.15, 0.2) is 0 Å². The number of amidine groups is 1. The molecule has 1 heterocycles. The van der Waals surface area contributed by atoms with E-state index in [9.17, 15) is 12.8 Å². The maximum Gasteiger partial charge on any atom is 0.208 e. The van der Waals surface area contributed by atoms with E-state index in [1.54, 1.807) is 11.0 Å². The van der Waals surface area contributed by atoms with E-state index in [-0.39, 0.29) is 18.2 Å². The van der Waals surface area contributed by atoms with Crippen molar-refractivity contribution in [2.24, 2.45) is 0 Å². The van der Waals surface area contributed by atoms with Crippen LogP contribution in [-0.2, 0) is 16.6 Å². The van der Waals surface area contributed by atoms with Gasteiger partial charge in [-0.1, -0.05) is 6.07 Å². The van der Waals surface area contributed by atoms with E-state index in [1.807, 2.05) is 0 Å². The van der Waals surface area contributed by atoms with Crippen LogP contribution in [0.1, 0.15) is 11.1 Å². The summed E-state index contributed by atoms with van der Waals surface area (Å²) in [4.78, 5) is 1.71.